The predicted molar refractivity (Wildman–Crippen MR) is 87.1 cm³/mol. The van der Waals surface area contributed by atoms with E-state index in [9.17, 15) is 9.59 Å². The normalized spacial score (nSPS) is 11.2. The van der Waals surface area contributed by atoms with Gasteiger partial charge in [0.15, 0.2) is 0 Å². The van der Waals surface area contributed by atoms with Crippen molar-refractivity contribution in [2.45, 2.75) is 27.7 Å². The lowest BCUT2D eigenvalue weighted by atomic mass is 9.94. The molecular weight excluding hydrogens is 298 g/mol. The van der Waals surface area contributed by atoms with E-state index in [1.165, 1.54) is 7.11 Å². The monoisotopic (exact) mass is 323 g/mol. The van der Waals surface area contributed by atoms with E-state index in [1.54, 1.807) is 32.0 Å². The van der Waals surface area contributed by atoms with Crippen LogP contribution in [0, 0.1) is 11.3 Å². The fraction of sp³-hybridized carbons (Fsp3) is 0.529. The Morgan fingerprint density at radius 1 is 1.30 bits per heavy atom. The van der Waals surface area contributed by atoms with Crippen LogP contribution in [-0.4, -0.2) is 37.2 Å². The van der Waals surface area contributed by atoms with E-state index >= 15 is 0 Å². The summed E-state index contributed by atoms with van der Waals surface area (Å²) in [4.78, 5) is 23.5. The molecule has 1 aromatic rings. The smallest absolute Gasteiger partial charge is 0.310 e. The molecule has 2 N–H and O–H groups in total. The molecule has 23 heavy (non-hydrogen) atoms. The summed E-state index contributed by atoms with van der Waals surface area (Å²) in [5.41, 5.74) is -0.686. The van der Waals surface area contributed by atoms with Crippen molar-refractivity contribution in [3.63, 3.8) is 0 Å². The van der Waals surface area contributed by atoms with Gasteiger partial charge >= 0.3 is 5.97 Å². The van der Waals surface area contributed by atoms with Crippen molar-refractivity contribution in [2.24, 2.45) is 11.3 Å². The zero-order valence-corrected chi connectivity index (χ0v) is 14.3. The van der Waals surface area contributed by atoms with Crippen molar-refractivity contribution < 1.29 is 24.2 Å². The highest BCUT2D eigenvalue weighted by molar-refractivity contribution is 5.97. The molecule has 0 saturated heterocycles. The van der Waals surface area contributed by atoms with Gasteiger partial charge in [-0.3, -0.25) is 9.59 Å². The van der Waals surface area contributed by atoms with E-state index in [4.69, 9.17) is 14.6 Å². The first-order chi connectivity index (χ1) is 10.7. The number of amides is 1. The van der Waals surface area contributed by atoms with E-state index in [1.807, 2.05) is 13.8 Å². The molecule has 0 unspecified atom stereocenters. The number of carboxylic acid groups (broad SMARTS) is 1. The number of ether oxygens (including phenoxy) is 2. The summed E-state index contributed by atoms with van der Waals surface area (Å²) in [5.74, 6) is -0.0255. The molecule has 0 aliphatic rings. The van der Waals surface area contributed by atoms with Gasteiger partial charge in [-0.1, -0.05) is 13.8 Å². The Bertz CT molecular complexity index is 566. The summed E-state index contributed by atoms with van der Waals surface area (Å²) in [6, 6.07) is 4.93. The third-order valence-corrected chi connectivity index (χ3v) is 3.28. The van der Waals surface area contributed by atoms with Crippen LogP contribution in [0.2, 0.25) is 0 Å². The van der Waals surface area contributed by atoms with Crippen LogP contribution in [0.1, 0.15) is 38.1 Å². The van der Waals surface area contributed by atoms with Gasteiger partial charge in [0, 0.05) is 12.6 Å². The van der Waals surface area contributed by atoms with Gasteiger partial charge in [-0.05, 0) is 31.9 Å². The number of hydrogen-bond acceptors (Lipinski definition) is 4. The zero-order chi connectivity index (χ0) is 17.6. The average Bonchev–Trinajstić information content (AvgIpc) is 2.50. The Morgan fingerprint density at radius 3 is 2.48 bits per heavy atom. The fourth-order valence-corrected chi connectivity index (χ4v) is 1.67. The number of aliphatic carboxylic acids is 1. The second-order valence-corrected chi connectivity index (χ2v) is 6.44. The molecule has 1 rings (SSSR count). The number of rotatable bonds is 8. The average molecular weight is 323 g/mol. The minimum Gasteiger partial charge on any atom is -0.497 e. The Morgan fingerprint density at radius 2 is 1.96 bits per heavy atom. The molecule has 128 valence electrons. The maximum absolute atomic E-state index is 12.4. The van der Waals surface area contributed by atoms with Crippen molar-refractivity contribution in [3.05, 3.63) is 23.8 Å². The molecule has 0 heterocycles. The van der Waals surface area contributed by atoms with Crippen molar-refractivity contribution in [3.8, 4) is 11.5 Å². The molecule has 1 aromatic carbocycles. The highest BCUT2D eigenvalue weighted by atomic mass is 16.5. The van der Waals surface area contributed by atoms with Gasteiger partial charge in [0.05, 0.1) is 24.7 Å². The van der Waals surface area contributed by atoms with E-state index in [0.717, 1.165) is 0 Å². The van der Waals surface area contributed by atoms with Crippen LogP contribution in [0.4, 0.5) is 0 Å². The van der Waals surface area contributed by atoms with Crippen LogP contribution in [0.3, 0.4) is 0 Å². The van der Waals surface area contributed by atoms with E-state index in [-0.39, 0.29) is 12.5 Å². The summed E-state index contributed by atoms with van der Waals surface area (Å²) in [6.07, 6.45) is 0. The molecule has 0 fully saturated rings. The first-order valence-electron chi connectivity index (χ1n) is 7.50. The molecule has 6 heteroatoms. The van der Waals surface area contributed by atoms with Crippen molar-refractivity contribution >= 4 is 11.9 Å². The molecule has 0 aromatic heterocycles. The van der Waals surface area contributed by atoms with Gasteiger partial charge in [-0.15, -0.1) is 0 Å². The second kappa shape index (κ2) is 7.85. The van der Waals surface area contributed by atoms with Gasteiger partial charge in [0.1, 0.15) is 11.5 Å². The summed E-state index contributed by atoms with van der Waals surface area (Å²) in [6.45, 7) is 7.62. The largest absolute Gasteiger partial charge is 0.497 e. The molecule has 0 aliphatic carbocycles. The van der Waals surface area contributed by atoms with Gasteiger partial charge in [0.25, 0.3) is 5.91 Å². The Kier molecular flexibility index (Phi) is 6.42. The number of benzene rings is 1. The summed E-state index contributed by atoms with van der Waals surface area (Å²) < 4.78 is 10.8. The molecular formula is C17H25NO5. The number of carbonyl (C=O) groups is 2. The molecule has 6 nitrogen and oxygen atoms in total. The Labute approximate surface area is 136 Å². The van der Waals surface area contributed by atoms with Crippen LogP contribution >= 0.6 is 0 Å². The van der Waals surface area contributed by atoms with Crippen LogP contribution in [-0.2, 0) is 4.79 Å². The van der Waals surface area contributed by atoms with Gasteiger partial charge in [-0.2, -0.15) is 0 Å². The van der Waals surface area contributed by atoms with Crippen molar-refractivity contribution in [2.75, 3.05) is 20.3 Å². The van der Waals surface area contributed by atoms with Crippen molar-refractivity contribution in [1.82, 2.24) is 5.32 Å². The van der Waals surface area contributed by atoms with E-state index < -0.39 is 11.4 Å². The standard InChI is InChI=1S/C17H25NO5/c1-11(2)9-23-14-8-12(22-5)6-7-13(14)15(19)18-10-17(3,4)16(20)21/h6-8,11H,9-10H2,1-5H3,(H,18,19)(H,20,21). The third kappa shape index (κ3) is 5.47. The minimum absolute atomic E-state index is 0.0246. The zero-order valence-electron chi connectivity index (χ0n) is 14.3. The summed E-state index contributed by atoms with van der Waals surface area (Å²) >= 11 is 0. The van der Waals surface area contributed by atoms with Crippen LogP contribution in [0.25, 0.3) is 0 Å². The predicted octanol–water partition coefficient (Wildman–Crippen LogP) is 2.57. The highest BCUT2D eigenvalue weighted by Crippen LogP contribution is 2.25. The van der Waals surface area contributed by atoms with Gasteiger partial charge in [-0.25, -0.2) is 0 Å². The topological polar surface area (TPSA) is 84.9 Å². The maximum Gasteiger partial charge on any atom is 0.310 e. The van der Waals surface area contributed by atoms with Gasteiger partial charge < -0.3 is 19.9 Å². The van der Waals surface area contributed by atoms with Crippen LogP contribution in [0.5, 0.6) is 11.5 Å². The Balaban J connectivity index is 2.92. The lowest BCUT2D eigenvalue weighted by Gasteiger charge is -2.20. The Hall–Kier alpha value is -2.24. The first kappa shape index (κ1) is 18.8. The maximum atomic E-state index is 12.4. The molecule has 0 bridgehead atoms. The number of methoxy groups -OCH3 is 1. The molecule has 0 atom stereocenters. The highest BCUT2D eigenvalue weighted by Gasteiger charge is 2.28. The first-order valence-corrected chi connectivity index (χ1v) is 7.50. The third-order valence-electron chi connectivity index (χ3n) is 3.28. The van der Waals surface area contributed by atoms with Crippen LogP contribution in [0.15, 0.2) is 18.2 Å². The fourth-order valence-electron chi connectivity index (χ4n) is 1.67. The second-order valence-electron chi connectivity index (χ2n) is 6.44. The molecule has 0 radical (unpaired) electrons. The number of carboxylic acids is 1. The van der Waals surface area contributed by atoms with E-state index in [0.29, 0.717) is 29.6 Å². The summed E-state index contributed by atoms with van der Waals surface area (Å²) in [7, 11) is 1.54. The lowest BCUT2D eigenvalue weighted by molar-refractivity contribution is -0.146. The van der Waals surface area contributed by atoms with Crippen molar-refractivity contribution in [1.29, 1.82) is 0 Å². The number of nitrogens with one attached hydrogen (secondary N) is 1. The SMILES string of the molecule is COc1ccc(C(=O)NCC(C)(C)C(=O)O)c(OCC(C)C)c1. The van der Waals surface area contributed by atoms with Crippen LogP contribution < -0.4 is 14.8 Å². The lowest BCUT2D eigenvalue weighted by Crippen LogP contribution is -2.39. The molecule has 1 amide bonds. The quantitative estimate of drug-likeness (QED) is 0.768. The summed E-state index contributed by atoms with van der Waals surface area (Å²) in [5, 5.41) is 11.7. The molecule has 0 spiro atoms. The van der Waals surface area contributed by atoms with E-state index in [2.05, 4.69) is 5.32 Å². The van der Waals surface area contributed by atoms with Gasteiger partial charge in [0.2, 0.25) is 0 Å². The molecule has 0 saturated carbocycles. The minimum atomic E-state index is -1.04. The number of hydrogen-bond donors (Lipinski definition) is 2. The number of carbonyl (C=O) groups excluding carboxylic acids is 1. The molecule has 0 aliphatic heterocycles.